The summed E-state index contributed by atoms with van der Waals surface area (Å²) >= 11 is 9.50. The molecule has 0 aliphatic heterocycles. The number of hydrogen-bond donors (Lipinski definition) is 1. The molecule has 0 saturated heterocycles. The number of ether oxygens (including phenoxy) is 1. The molecule has 1 N–H and O–H groups in total. The molecule has 2 aromatic carbocycles. The maximum atomic E-state index is 13.3. The smallest absolute Gasteiger partial charge is 0.165 e. The Morgan fingerprint density at radius 3 is 2.79 bits per heavy atom. The van der Waals surface area contributed by atoms with Crippen LogP contribution in [0, 0.1) is 5.82 Å². The zero-order valence-corrected chi connectivity index (χ0v) is 12.6. The lowest BCUT2D eigenvalue weighted by molar-refractivity contribution is 0.387. The monoisotopic (exact) mass is 343 g/mol. The first-order chi connectivity index (χ1) is 9.10. The number of halogens is 3. The molecule has 0 radical (unpaired) electrons. The van der Waals surface area contributed by atoms with Crippen molar-refractivity contribution in [1.29, 1.82) is 0 Å². The fraction of sp³-hybridized carbons (Fsp3) is 0.143. The van der Waals surface area contributed by atoms with Crippen molar-refractivity contribution >= 4 is 33.2 Å². The molecule has 0 aliphatic rings. The molecule has 2 rings (SSSR count). The Morgan fingerprint density at radius 1 is 1.26 bits per heavy atom. The van der Waals surface area contributed by atoms with Gasteiger partial charge < -0.3 is 10.1 Å². The van der Waals surface area contributed by atoms with Crippen LogP contribution in [-0.4, -0.2) is 7.11 Å². The van der Waals surface area contributed by atoms with Crippen LogP contribution in [-0.2, 0) is 6.54 Å². The number of methoxy groups -OCH3 is 1. The van der Waals surface area contributed by atoms with Gasteiger partial charge in [-0.2, -0.15) is 0 Å². The zero-order valence-electron chi connectivity index (χ0n) is 10.2. The normalized spacial score (nSPS) is 10.3. The van der Waals surface area contributed by atoms with E-state index in [-0.39, 0.29) is 11.6 Å². The molecule has 0 spiro atoms. The predicted octanol–water partition coefficient (Wildman–Crippen LogP) is 4.86. The van der Waals surface area contributed by atoms with Crippen LogP contribution in [0.4, 0.5) is 10.1 Å². The van der Waals surface area contributed by atoms with Crippen LogP contribution >= 0.6 is 27.5 Å². The second-order valence-electron chi connectivity index (χ2n) is 3.94. The van der Waals surface area contributed by atoms with Gasteiger partial charge in [0, 0.05) is 27.8 Å². The van der Waals surface area contributed by atoms with Crippen LogP contribution in [0.15, 0.2) is 40.9 Å². The second-order valence-corrected chi connectivity index (χ2v) is 5.26. The van der Waals surface area contributed by atoms with E-state index in [4.69, 9.17) is 16.3 Å². The Kier molecular flexibility index (Phi) is 4.66. The molecule has 0 saturated carbocycles. The molecule has 0 aromatic heterocycles. The van der Waals surface area contributed by atoms with Crippen molar-refractivity contribution in [2.24, 2.45) is 0 Å². The maximum Gasteiger partial charge on any atom is 0.165 e. The van der Waals surface area contributed by atoms with E-state index >= 15 is 0 Å². The molecule has 2 nitrogen and oxygen atoms in total. The fourth-order valence-electron chi connectivity index (χ4n) is 1.65. The second kappa shape index (κ2) is 6.26. The van der Waals surface area contributed by atoms with E-state index < -0.39 is 0 Å². The van der Waals surface area contributed by atoms with Crippen molar-refractivity contribution in [3.05, 3.63) is 57.3 Å². The van der Waals surface area contributed by atoms with Gasteiger partial charge in [0.15, 0.2) is 11.6 Å². The summed E-state index contributed by atoms with van der Waals surface area (Å²) in [7, 11) is 1.44. The average molecular weight is 345 g/mol. The number of anilines is 1. The van der Waals surface area contributed by atoms with Gasteiger partial charge in [0.05, 0.1) is 7.11 Å². The Balaban J connectivity index is 2.12. The van der Waals surface area contributed by atoms with E-state index in [1.807, 2.05) is 18.2 Å². The number of hydrogen-bond acceptors (Lipinski definition) is 2. The van der Waals surface area contributed by atoms with E-state index in [1.165, 1.54) is 13.2 Å². The van der Waals surface area contributed by atoms with Crippen molar-refractivity contribution in [1.82, 2.24) is 0 Å². The van der Waals surface area contributed by atoms with Crippen LogP contribution < -0.4 is 10.1 Å². The van der Waals surface area contributed by atoms with Crippen LogP contribution in [0.5, 0.6) is 5.75 Å². The van der Waals surface area contributed by atoms with Crippen LogP contribution in [0.3, 0.4) is 0 Å². The van der Waals surface area contributed by atoms with Gasteiger partial charge in [0.2, 0.25) is 0 Å². The molecule has 0 aliphatic carbocycles. The zero-order chi connectivity index (χ0) is 13.8. The van der Waals surface area contributed by atoms with E-state index in [2.05, 4.69) is 21.2 Å². The third kappa shape index (κ3) is 3.61. The Bertz CT molecular complexity index is 592. The fourth-order valence-corrected chi connectivity index (χ4v) is 2.24. The molecule has 0 bridgehead atoms. The summed E-state index contributed by atoms with van der Waals surface area (Å²) in [4.78, 5) is 0. The largest absolute Gasteiger partial charge is 0.494 e. The Morgan fingerprint density at radius 2 is 2.05 bits per heavy atom. The lowest BCUT2D eigenvalue weighted by Gasteiger charge is -2.10. The van der Waals surface area contributed by atoms with Gasteiger partial charge in [-0.05, 0) is 35.9 Å². The molecular weight excluding hydrogens is 333 g/mol. The van der Waals surface area contributed by atoms with Crippen molar-refractivity contribution < 1.29 is 9.13 Å². The highest BCUT2D eigenvalue weighted by molar-refractivity contribution is 9.10. The maximum absolute atomic E-state index is 13.3. The molecule has 0 amide bonds. The highest BCUT2D eigenvalue weighted by atomic mass is 79.9. The van der Waals surface area contributed by atoms with Crippen molar-refractivity contribution in [3.63, 3.8) is 0 Å². The van der Waals surface area contributed by atoms with Gasteiger partial charge in [0.25, 0.3) is 0 Å². The van der Waals surface area contributed by atoms with Gasteiger partial charge >= 0.3 is 0 Å². The Hall–Kier alpha value is -1.26. The van der Waals surface area contributed by atoms with E-state index in [1.54, 1.807) is 12.1 Å². The summed E-state index contributed by atoms with van der Waals surface area (Å²) in [6, 6.07) is 10.3. The molecule has 0 fully saturated rings. The molecule has 100 valence electrons. The SMILES string of the molecule is COc1cc(NCc2cc(Br)ccc2Cl)ccc1F. The number of nitrogens with one attached hydrogen (secondary N) is 1. The summed E-state index contributed by atoms with van der Waals surface area (Å²) in [6.07, 6.45) is 0. The summed E-state index contributed by atoms with van der Waals surface area (Å²) in [6.45, 7) is 0.549. The van der Waals surface area contributed by atoms with Gasteiger partial charge in [-0.15, -0.1) is 0 Å². The Labute approximate surface area is 124 Å². The average Bonchev–Trinajstić information content (AvgIpc) is 2.41. The third-order valence-electron chi connectivity index (χ3n) is 2.64. The summed E-state index contributed by atoms with van der Waals surface area (Å²) in [5, 5.41) is 3.86. The third-order valence-corrected chi connectivity index (χ3v) is 3.50. The lowest BCUT2D eigenvalue weighted by atomic mass is 10.2. The predicted molar refractivity (Wildman–Crippen MR) is 79.4 cm³/mol. The molecular formula is C14H12BrClFNO. The minimum atomic E-state index is -0.381. The van der Waals surface area contributed by atoms with Gasteiger partial charge in [0.1, 0.15) is 0 Å². The minimum Gasteiger partial charge on any atom is -0.494 e. The summed E-state index contributed by atoms with van der Waals surface area (Å²) < 4.78 is 19.2. The van der Waals surface area contributed by atoms with E-state index in [9.17, 15) is 4.39 Å². The quantitative estimate of drug-likeness (QED) is 0.855. The van der Waals surface area contributed by atoms with Gasteiger partial charge in [-0.3, -0.25) is 0 Å². The van der Waals surface area contributed by atoms with Gasteiger partial charge in [-0.25, -0.2) is 4.39 Å². The topological polar surface area (TPSA) is 21.3 Å². The number of benzene rings is 2. The molecule has 0 unspecified atom stereocenters. The standard InChI is InChI=1S/C14H12BrClFNO/c1-19-14-7-11(3-5-13(14)17)18-8-9-6-10(15)2-4-12(9)16/h2-7,18H,8H2,1H3. The molecule has 5 heteroatoms. The van der Waals surface area contributed by atoms with E-state index in [0.29, 0.717) is 11.6 Å². The molecule has 0 atom stereocenters. The molecule has 2 aromatic rings. The van der Waals surface area contributed by atoms with Crippen LogP contribution in [0.2, 0.25) is 5.02 Å². The lowest BCUT2D eigenvalue weighted by Crippen LogP contribution is -2.01. The van der Waals surface area contributed by atoms with Crippen LogP contribution in [0.25, 0.3) is 0 Å². The van der Waals surface area contributed by atoms with Crippen LogP contribution in [0.1, 0.15) is 5.56 Å². The first-order valence-corrected chi connectivity index (χ1v) is 6.78. The number of rotatable bonds is 4. The highest BCUT2D eigenvalue weighted by Gasteiger charge is 2.05. The van der Waals surface area contributed by atoms with E-state index in [0.717, 1.165) is 15.7 Å². The molecule has 19 heavy (non-hydrogen) atoms. The van der Waals surface area contributed by atoms with Crippen molar-refractivity contribution in [2.75, 3.05) is 12.4 Å². The summed E-state index contributed by atoms with van der Waals surface area (Å²) in [5.74, 6) is -0.168. The highest BCUT2D eigenvalue weighted by Crippen LogP contribution is 2.24. The first-order valence-electron chi connectivity index (χ1n) is 5.61. The summed E-state index contributed by atoms with van der Waals surface area (Å²) in [5.41, 5.74) is 1.73. The minimum absolute atomic E-state index is 0.213. The van der Waals surface area contributed by atoms with Gasteiger partial charge in [-0.1, -0.05) is 27.5 Å². The first kappa shape index (κ1) is 14.2. The molecule has 0 heterocycles. The van der Waals surface area contributed by atoms with Crippen molar-refractivity contribution in [3.8, 4) is 5.75 Å². The van der Waals surface area contributed by atoms with Crippen molar-refractivity contribution in [2.45, 2.75) is 6.54 Å².